The Labute approximate surface area is 129 Å². The van der Waals surface area contributed by atoms with Crippen LogP contribution in [0.15, 0.2) is 22.8 Å². The molecule has 6 heteroatoms. The number of benzene rings is 1. The van der Waals surface area contributed by atoms with E-state index < -0.39 is 5.82 Å². The molecule has 0 bridgehead atoms. The van der Waals surface area contributed by atoms with E-state index in [0.717, 1.165) is 0 Å². The summed E-state index contributed by atoms with van der Waals surface area (Å²) < 4.78 is 15.6. The maximum Gasteiger partial charge on any atom is 0.155 e. The summed E-state index contributed by atoms with van der Waals surface area (Å²) >= 11 is 9.46. The van der Waals surface area contributed by atoms with E-state index in [1.165, 1.54) is 18.2 Å². The van der Waals surface area contributed by atoms with E-state index in [4.69, 9.17) is 11.6 Å². The van der Waals surface area contributed by atoms with Crippen LogP contribution in [0, 0.1) is 5.82 Å². The minimum atomic E-state index is -0.428. The SMILES string of the molecule is CC(C)(C)n1nc(-c2cc(F)ccc2Cl)c(C=O)c1Br. The van der Waals surface area contributed by atoms with Crippen LogP contribution >= 0.6 is 27.5 Å². The van der Waals surface area contributed by atoms with Crippen molar-refractivity contribution in [3.8, 4) is 11.3 Å². The van der Waals surface area contributed by atoms with Gasteiger partial charge in [0.25, 0.3) is 0 Å². The number of rotatable bonds is 2. The lowest BCUT2D eigenvalue weighted by Gasteiger charge is -2.20. The van der Waals surface area contributed by atoms with Gasteiger partial charge in [-0.2, -0.15) is 5.10 Å². The molecule has 0 unspecified atom stereocenters. The Hall–Kier alpha value is -1.20. The zero-order chi connectivity index (χ0) is 15.1. The lowest BCUT2D eigenvalue weighted by Crippen LogP contribution is -2.23. The normalized spacial score (nSPS) is 11.7. The van der Waals surface area contributed by atoms with Gasteiger partial charge in [-0.3, -0.25) is 9.48 Å². The van der Waals surface area contributed by atoms with Crippen LogP contribution in [0.25, 0.3) is 11.3 Å². The lowest BCUT2D eigenvalue weighted by molar-refractivity contribution is 0.112. The van der Waals surface area contributed by atoms with E-state index in [1.54, 1.807) is 4.68 Å². The number of carbonyl (C=O) groups excluding carboxylic acids is 1. The van der Waals surface area contributed by atoms with Gasteiger partial charge in [0, 0.05) is 5.56 Å². The van der Waals surface area contributed by atoms with Gasteiger partial charge in [0.2, 0.25) is 0 Å². The quantitative estimate of drug-likeness (QED) is 0.730. The molecule has 106 valence electrons. The highest BCUT2D eigenvalue weighted by molar-refractivity contribution is 9.10. The summed E-state index contributed by atoms with van der Waals surface area (Å²) in [5, 5.41) is 4.76. The maximum atomic E-state index is 13.4. The molecule has 0 aliphatic heterocycles. The zero-order valence-electron chi connectivity index (χ0n) is 11.2. The van der Waals surface area contributed by atoms with E-state index in [1.807, 2.05) is 20.8 Å². The van der Waals surface area contributed by atoms with Crippen LogP contribution < -0.4 is 0 Å². The predicted octanol–water partition coefficient (Wildman–Crippen LogP) is 4.67. The highest BCUT2D eigenvalue weighted by atomic mass is 79.9. The minimum Gasteiger partial charge on any atom is -0.298 e. The molecule has 0 saturated carbocycles. The molecule has 0 aliphatic carbocycles. The summed E-state index contributed by atoms with van der Waals surface area (Å²) in [6.07, 6.45) is 0.690. The van der Waals surface area contributed by atoms with Crippen LogP contribution in [0.5, 0.6) is 0 Å². The third-order valence-electron chi connectivity index (χ3n) is 2.80. The van der Waals surface area contributed by atoms with Crippen molar-refractivity contribution in [2.24, 2.45) is 0 Å². The highest BCUT2D eigenvalue weighted by Crippen LogP contribution is 2.35. The fraction of sp³-hybridized carbons (Fsp3) is 0.286. The largest absolute Gasteiger partial charge is 0.298 e. The monoisotopic (exact) mass is 358 g/mol. The lowest BCUT2D eigenvalue weighted by atomic mass is 10.1. The summed E-state index contributed by atoms with van der Waals surface area (Å²) in [6, 6.07) is 3.99. The Balaban J connectivity index is 2.75. The van der Waals surface area contributed by atoms with Crippen molar-refractivity contribution in [3.63, 3.8) is 0 Å². The van der Waals surface area contributed by atoms with Crippen LogP contribution in [0.4, 0.5) is 4.39 Å². The van der Waals surface area contributed by atoms with Gasteiger partial charge < -0.3 is 0 Å². The summed E-state index contributed by atoms with van der Waals surface area (Å²) in [7, 11) is 0. The smallest absolute Gasteiger partial charge is 0.155 e. The number of nitrogens with zero attached hydrogens (tertiary/aromatic N) is 2. The summed E-state index contributed by atoms with van der Waals surface area (Å²) in [5.41, 5.74) is 0.797. The average Bonchev–Trinajstić information content (AvgIpc) is 2.69. The first kappa shape index (κ1) is 15.2. The Kier molecular flexibility index (Phi) is 4.02. The van der Waals surface area contributed by atoms with Gasteiger partial charge in [-0.1, -0.05) is 11.6 Å². The second-order valence-corrected chi connectivity index (χ2v) is 6.54. The maximum absolute atomic E-state index is 13.4. The van der Waals surface area contributed by atoms with Crippen molar-refractivity contribution in [3.05, 3.63) is 39.2 Å². The van der Waals surface area contributed by atoms with Crippen molar-refractivity contribution < 1.29 is 9.18 Å². The topological polar surface area (TPSA) is 34.9 Å². The Bertz CT molecular complexity index is 677. The molecule has 2 rings (SSSR count). The number of aldehydes is 1. The van der Waals surface area contributed by atoms with Crippen LogP contribution in [0.1, 0.15) is 31.1 Å². The number of carbonyl (C=O) groups is 1. The van der Waals surface area contributed by atoms with Gasteiger partial charge in [0.05, 0.1) is 16.1 Å². The van der Waals surface area contributed by atoms with E-state index in [2.05, 4.69) is 21.0 Å². The Morgan fingerprint density at radius 1 is 1.40 bits per heavy atom. The van der Waals surface area contributed by atoms with Gasteiger partial charge in [-0.15, -0.1) is 0 Å². The molecule has 1 aromatic carbocycles. The number of hydrogen-bond acceptors (Lipinski definition) is 2. The molecule has 0 atom stereocenters. The van der Waals surface area contributed by atoms with Crippen molar-refractivity contribution in [1.29, 1.82) is 0 Å². The summed E-state index contributed by atoms with van der Waals surface area (Å²) in [5.74, 6) is -0.428. The van der Waals surface area contributed by atoms with Gasteiger partial charge >= 0.3 is 0 Å². The van der Waals surface area contributed by atoms with Crippen molar-refractivity contribution in [2.75, 3.05) is 0 Å². The third-order valence-corrected chi connectivity index (χ3v) is 3.89. The van der Waals surface area contributed by atoms with Crippen LogP contribution in [0.3, 0.4) is 0 Å². The van der Waals surface area contributed by atoms with Gasteiger partial charge in [-0.05, 0) is 54.9 Å². The van der Waals surface area contributed by atoms with Crippen molar-refractivity contribution in [2.45, 2.75) is 26.3 Å². The molecule has 0 N–H and O–H groups in total. The summed E-state index contributed by atoms with van der Waals surface area (Å²) in [6.45, 7) is 5.86. The molecule has 0 spiro atoms. The van der Waals surface area contributed by atoms with Gasteiger partial charge in [0.1, 0.15) is 16.1 Å². The average molecular weight is 360 g/mol. The number of aromatic nitrogens is 2. The fourth-order valence-electron chi connectivity index (χ4n) is 1.84. The van der Waals surface area contributed by atoms with E-state index >= 15 is 0 Å². The molecule has 0 fully saturated rings. The molecule has 1 aromatic heterocycles. The first-order valence-electron chi connectivity index (χ1n) is 5.95. The Morgan fingerprint density at radius 3 is 2.60 bits per heavy atom. The van der Waals surface area contributed by atoms with Crippen LogP contribution in [-0.4, -0.2) is 16.1 Å². The summed E-state index contributed by atoms with van der Waals surface area (Å²) in [4.78, 5) is 11.3. The molecular formula is C14H13BrClFN2O. The van der Waals surface area contributed by atoms with Gasteiger partial charge in [0.15, 0.2) is 6.29 Å². The van der Waals surface area contributed by atoms with E-state index in [-0.39, 0.29) is 5.54 Å². The zero-order valence-corrected chi connectivity index (χ0v) is 13.6. The van der Waals surface area contributed by atoms with E-state index in [9.17, 15) is 9.18 Å². The molecular weight excluding hydrogens is 347 g/mol. The van der Waals surface area contributed by atoms with Crippen molar-refractivity contribution in [1.82, 2.24) is 9.78 Å². The molecule has 0 saturated heterocycles. The highest BCUT2D eigenvalue weighted by Gasteiger charge is 2.25. The molecule has 0 aliphatic rings. The minimum absolute atomic E-state index is 0.325. The van der Waals surface area contributed by atoms with E-state index in [0.29, 0.717) is 32.7 Å². The second-order valence-electron chi connectivity index (χ2n) is 5.38. The Morgan fingerprint density at radius 2 is 2.05 bits per heavy atom. The second kappa shape index (κ2) is 5.30. The molecule has 1 heterocycles. The molecule has 0 radical (unpaired) electrons. The third kappa shape index (κ3) is 2.65. The van der Waals surface area contributed by atoms with Crippen LogP contribution in [0.2, 0.25) is 5.02 Å². The molecule has 20 heavy (non-hydrogen) atoms. The number of halogens is 3. The first-order valence-corrected chi connectivity index (χ1v) is 7.12. The first-order chi connectivity index (χ1) is 9.25. The van der Waals surface area contributed by atoms with Gasteiger partial charge in [-0.25, -0.2) is 4.39 Å². The van der Waals surface area contributed by atoms with Crippen molar-refractivity contribution >= 4 is 33.8 Å². The molecule has 2 aromatic rings. The standard InChI is InChI=1S/C14H13BrClFN2O/c1-14(2,3)19-13(15)10(7-20)12(18-19)9-6-8(17)4-5-11(9)16/h4-7H,1-3H3. The predicted molar refractivity (Wildman–Crippen MR) is 80.7 cm³/mol. The van der Waals surface area contributed by atoms with Crippen LogP contribution in [-0.2, 0) is 5.54 Å². The molecule has 3 nitrogen and oxygen atoms in total. The fourth-order valence-corrected chi connectivity index (χ4v) is 2.94. The molecule has 0 amide bonds. The number of hydrogen-bond donors (Lipinski definition) is 0.